The van der Waals surface area contributed by atoms with Gasteiger partial charge in [0.2, 0.25) is 0 Å². The molecule has 0 amide bonds. The van der Waals surface area contributed by atoms with E-state index in [1.807, 2.05) is 19.9 Å². The van der Waals surface area contributed by atoms with E-state index in [1.165, 1.54) is 0 Å². The molecule has 0 aliphatic heterocycles. The summed E-state index contributed by atoms with van der Waals surface area (Å²) in [6, 6.07) is 2.04. The summed E-state index contributed by atoms with van der Waals surface area (Å²) < 4.78 is 0. The molecular formula is C9H15NO. The summed E-state index contributed by atoms with van der Waals surface area (Å²) in [7, 11) is 0. The molecule has 0 rings (SSSR count). The summed E-state index contributed by atoms with van der Waals surface area (Å²) in [5.41, 5.74) is 0. The van der Waals surface area contributed by atoms with E-state index in [0.717, 1.165) is 19.3 Å². The second-order valence-corrected chi connectivity index (χ2v) is 2.69. The fourth-order valence-corrected chi connectivity index (χ4v) is 1.01. The molecule has 0 bridgehead atoms. The molecule has 0 aliphatic rings. The Hall–Kier alpha value is -0.840. The first-order chi connectivity index (χ1) is 5.26. The lowest BCUT2D eigenvalue weighted by Crippen LogP contribution is -2.11. The minimum absolute atomic E-state index is 0.108. The van der Waals surface area contributed by atoms with Crippen LogP contribution in [0.1, 0.15) is 39.5 Å². The number of carbonyl (C=O) groups is 1. The second kappa shape index (κ2) is 5.91. The zero-order valence-corrected chi connectivity index (χ0v) is 7.26. The van der Waals surface area contributed by atoms with Gasteiger partial charge < -0.3 is 0 Å². The van der Waals surface area contributed by atoms with Crippen LogP contribution < -0.4 is 0 Å². The number of Topliss-reactive ketones (excluding diaryl/α,β-unsaturated/α-hetero) is 1. The molecule has 0 aromatic carbocycles. The summed E-state index contributed by atoms with van der Waals surface area (Å²) >= 11 is 0. The average molecular weight is 153 g/mol. The number of hydrogen-bond donors (Lipinski definition) is 0. The summed E-state index contributed by atoms with van der Waals surface area (Å²) in [6.45, 7) is 3.95. The van der Waals surface area contributed by atoms with Gasteiger partial charge in [-0.05, 0) is 12.8 Å². The maximum Gasteiger partial charge on any atom is 0.149 e. The van der Waals surface area contributed by atoms with Gasteiger partial charge in [-0.2, -0.15) is 5.26 Å². The molecule has 11 heavy (non-hydrogen) atoms. The molecule has 0 aromatic heterocycles. The number of rotatable bonds is 5. The maximum atomic E-state index is 11.1. The van der Waals surface area contributed by atoms with Crippen LogP contribution in [0.3, 0.4) is 0 Å². The molecule has 0 saturated heterocycles. The SMILES string of the molecule is CCCC(=O)C(C#N)CCC. The van der Waals surface area contributed by atoms with Crippen molar-refractivity contribution < 1.29 is 4.79 Å². The van der Waals surface area contributed by atoms with Crippen molar-refractivity contribution in [3.05, 3.63) is 0 Å². The maximum absolute atomic E-state index is 11.1. The normalized spacial score (nSPS) is 12.1. The van der Waals surface area contributed by atoms with E-state index >= 15 is 0 Å². The lowest BCUT2D eigenvalue weighted by atomic mass is 9.97. The van der Waals surface area contributed by atoms with Gasteiger partial charge in [0.05, 0.1) is 6.07 Å². The predicted octanol–water partition coefficient (Wildman–Crippen LogP) is 2.30. The molecule has 62 valence electrons. The summed E-state index contributed by atoms with van der Waals surface area (Å²) in [6.07, 6.45) is 3.03. The van der Waals surface area contributed by atoms with Gasteiger partial charge in [0.25, 0.3) is 0 Å². The molecule has 0 spiro atoms. The minimum atomic E-state index is -0.347. The lowest BCUT2D eigenvalue weighted by Gasteiger charge is -2.03. The Morgan fingerprint density at radius 1 is 1.45 bits per heavy atom. The molecule has 0 aromatic rings. The van der Waals surface area contributed by atoms with Crippen LogP contribution in [0.2, 0.25) is 0 Å². The second-order valence-electron chi connectivity index (χ2n) is 2.69. The zero-order chi connectivity index (χ0) is 8.69. The van der Waals surface area contributed by atoms with Gasteiger partial charge >= 0.3 is 0 Å². The Balaban J connectivity index is 3.84. The topological polar surface area (TPSA) is 40.9 Å². The quantitative estimate of drug-likeness (QED) is 0.608. The summed E-state index contributed by atoms with van der Waals surface area (Å²) in [5.74, 6) is -0.239. The van der Waals surface area contributed by atoms with Crippen molar-refractivity contribution in [3.8, 4) is 6.07 Å². The Kier molecular flexibility index (Phi) is 5.46. The van der Waals surface area contributed by atoms with Gasteiger partial charge in [-0.25, -0.2) is 0 Å². The molecule has 2 heteroatoms. The molecular weight excluding hydrogens is 138 g/mol. The molecule has 0 heterocycles. The average Bonchev–Trinajstić information content (AvgIpc) is 2.00. The summed E-state index contributed by atoms with van der Waals surface area (Å²) in [5, 5.41) is 8.58. The van der Waals surface area contributed by atoms with Crippen molar-refractivity contribution >= 4 is 5.78 Å². The monoisotopic (exact) mass is 153 g/mol. The zero-order valence-electron chi connectivity index (χ0n) is 7.26. The van der Waals surface area contributed by atoms with Gasteiger partial charge in [-0.3, -0.25) is 4.79 Å². The van der Waals surface area contributed by atoms with Crippen molar-refractivity contribution in [2.45, 2.75) is 39.5 Å². The third-order valence-electron chi connectivity index (χ3n) is 1.62. The van der Waals surface area contributed by atoms with E-state index in [9.17, 15) is 4.79 Å². The van der Waals surface area contributed by atoms with Gasteiger partial charge in [0, 0.05) is 6.42 Å². The first-order valence-electron chi connectivity index (χ1n) is 4.18. The highest BCUT2D eigenvalue weighted by Crippen LogP contribution is 2.09. The number of nitrogens with zero attached hydrogens (tertiary/aromatic N) is 1. The number of carbonyl (C=O) groups excluding carboxylic acids is 1. The molecule has 0 aliphatic carbocycles. The van der Waals surface area contributed by atoms with E-state index in [-0.39, 0.29) is 11.7 Å². The molecule has 1 unspecified atom stereocenters. The Morgan fingerprint density at radius 2 is 2.09 bits per heavy atom. The highest BCUT2D eigenvalue weighted by molar-refractivity contribution is 5.83. The molecule has 0 radical (unpaired) electrons. The number of hydrogen-bond acceptors (Lipinski definition) is 2. The minimum Gasteiger partial charge on any atom is -0.298 e. The number of nitriles is 1. The molecule has 2 nitrogen and oxygen atoms in total. The van der Waals surface area contributed by atoms with Crippen molar-refractivity contribution in [2.75, 3.05) is 0 Å². The summed E-state index contributed by atoms with van der Waals surface area (Å²) in [4.78, 5) is 11.1. The fraction of sp³-hybridized carbons (Fsp3) is 0.778. The van der Waals surface area contributed by atoms with Gasteiger partial charge in [-0.1, -0.05) is 20.3 Å². The van der Waals surface area contributed by atoms with Crippen LogP contribution in [0, 0.1) is 17.2 Å². The molecule has 0 fully saturated rings. The van der Waals surface area contributed by atoms with Crippen molar-refractivity contribution in [1.29, 1.82) is 5.26 Å². The molecule has 1 atom stereocenters. The first-order valence-corrected chi connectivity index (χ1v) is 4.18. The Labute approximate surface area is 68.2 Å². The number of ketones is 1. The van der Waals surface area contributed by atoms with Crippen LogP contribution >= 0.6 is 0 Å². The van der Waals surface area contributed by atoms with E-state index in [2.05, 4.69) is 0 Å². The third kappa shape index (κ3) is 3.77. The van der Waals surface area contributed by atoms with E-state index in [4.69, 9.17) is 5.26 Å². The highest BCUT2D eigenvalue weighted by atomic mass is 16.1. The van der Waals surface area contributed by atoms with Gasteiger partial charge in [0.15, 0.2) is 0 Å². The third-order valence-corrected chi connectivity index (χ3v) is 1.62. The predicted molar refractivity (Wildman–Crippen MR) is 43.9 cm³/mol. The standard InChI is InChI=1S/C9H15NO/c1-3-5-8(7-10)9(11)6-4-2/h8H,3-6H2,1-2H3. The van der Waals surface area contributed by atoms with E-state index < -0.39 is 0 Å². The van der Waals surface area contributed by atoms with Crippen molar-refractivity contribution in [1.82, 2.24) is 0 Å². The van der Waals surface area contributed by atoms with Gasteiger partial charge in [0.1, 0.15) is 11.7 Å². The van der Waals surface area contributed by atoms with Crippen LogP contribution in [-0.2, 0) is 4.79 Å². The highest BCUT2D eigenvalue weighted by Gasteiger charge is 2.14. The van der Waals surface area contributed by atoms with Crippen LogP contribution in [0.25, 0.3) is 0 Å². The van der Waals surface area contributed by atoms with Crippen LogP contribution in [0.4, 0.5) is 0 Å². The van der Waals surface area contributed by atoms with Crippen LogP contribution in [0.5, 0.6) is 0 Å². The molecule has 0 N–H and O–H groups in total. The smallest absolute Gasteiger partial charge is 0.149 e. The van der Waals surface area contributed by atoms with Crippen molar-refractivity contribution in [3.63, 3.8) is 0 Å². The van der Waals surface area contributed by atoms with Crippen molar-refractivity contribution in [2.24, 2.45) is 5.92 Å². The van der Waals surface area contributed by atoms with Crippen LogP contribution in [0.15, 0.2) is 0 Å². The van der Waals surface area contributed by atoms with E-state index in [0.29, 0.717) is 6.42 Å². The Morgan fingerprint density at radius 3 is 2.45 bits per heavy atom. The fourth-order valence-electron chi connectivity index (χ4n) is 1.01. The largest absolute Gasteiger partial charge is 0.298 e. The van der Waals surface area contributed by atoms with Gasteiger partial charge in [-0.15, -0.1) is 0 Å². The molecule has 0 saturated carbocycles. The lowest BCUT2D eigenvalue weighted by molar-refractivity contribution is -0.121. The van der Waals surface area contributed by atoms with E-state index in [1.54, 1.807) is 0 Å². The Bertz CT molecular complexity index is 157. The first kappa shape index (κ1) is 10.2. The van der Waals surface area contributed by atoms with Crippen LogP contribution in [-0.4, -0.2) is 5.78 Å².